The number of anilines is 1. The van der Waals surface area contributed by atoms with E-state index >= 15 is 0 Å². The summed E-state index contributed by atoms with van der Waals surface area (Å²) in [5.41, 5.74) is 11.9. The third-order valence-corrected chi connectivity index (χ3v) is 6.44. The summed E-state index contributed by atoms with van der Waals surface area (Å²) in [6.45, 7) is 4.07. The van der Waals surface area contributed by atoms with Crippen LogP contribution in [0.3, 0.4) is 0 Å². The van der Waals surface area contributed by atoms with E-state index in [4.69, 9.17) is 15.7 Å². The molecule has 0 spiro atoms. The Balaban J connectivity index is 1.59. The van der Waals surface area contributed by atoms with Gasteiger partial charge in [0.05, 0.1) is 22.5 Å². The Morgan fingerprint density at radius 2 is 2.03 bits per heavy atom. The Bertz CT molecular complexity index is 1430. The molecule has 1 amide bonds. The van der Waals surface area contributed by atoms with Crippen LogP contribution in [0.25, 0.3) is 17.0 Å². The van der Waals surface area contributed by atoms with Crippen molar-refractivity contribution in [3.05, 3.63) is 76.6 Å². The molecule has 5 N–H and O–H groups in total. The van der Waals surface area contributed by atoms with Crippen molar-refractivity contribution in [1.29, 1.82) is 0 Å². The minimum Gasteiger partial charge on any atom is -0.423 e. The van der Waals surface area contributed by atoms with Crippen LogP contribution in [0.4, 0.5) is 5.82 Å². The molecule has 9 nitrogen and oxygen atoms in total. The zero-order valence-corrected chi connectivity index (χ0v) is 19.7. The van der Waals surface area contributed by atoms with Crippen LogP contribution in [-0.4, -0.2) is 55.9 Å². The molecule has 35 heavy (non-hydrogen) atoms. The summed E-state index contributed by atoms with van der Waals surface area (Å²) in [6.07, 6.45) is 2.69. The standard InChI is InChI=1S/C25H27BN6O3/c1-15-11-21-18(23(27)33)7-4-9-32(21)22(15)25-29-20-8-10-31(2)14-19(20)24(30-25)28-13-16-5-3-6-17(12-16)26(34)35/h3-7,9,11-12,34-35H,8,10,13-14H2,1-2H3,(H2,27,33)(H,28,29,30). The maximum atomic E-state index is 12.0. The first-order chi connectivity index (χ1) is 16.8. The second-order valence-electron chi connectivity index (χ2n) is 9.00. The van der Waals surface area contributed by atoms with Gasteiger partial charge in [0, 0.05) is 37.8 Å². The summed E-state index contributed by atoms with van der Waals surface area (Å²) in [4.78, 5) is 24.1. The number of hydrogen-bond donors (Lipinski definition) is 4. The number of aromatic nitrogens is 3. The number of benzene rings is 1. The van der Waals surface area contributed by atoms with Crippen molar-refractivity contribution in [2.24, 2.45) is 5.73 Å². The average Bonchev–Trinajstić information content (AvgIpc) is 3.18. The number of aryl methyl sites for hydroxylation is 1. The molecule has 10 heteroatoms. The number of hydrogen-bond acceptors (Lipinski definition) is 7. The number of nitrogens with zero attached hydrogens (tertiary/aromatic N) is 4. The summed E-state index contributed by atoms with van der Waals surface area (Å²) < 4.78 is 1.92. The lowest BCUT2D eigenvalue weighted by atomic mass is 9.79. The summed E-state index contributed by atoms with van der Waals surface area (Å²) in [6, 6.07) is 12.6. The summed E-state index contributed by atoms with van der Waals surface area (Å²) in [7, 11) is 0.556. The van der Waals surface area contributed by atoms with Crippen LogP contribution in [0.2, 0.25) is 0 Å². The van der Waals surface area contributed by atoms with Crippen molar-refractivity contribution in [2.75, 3.05) is 18.9 Å². The van der Waals surface area contributed by atoms with Gasteiger partial charge in [-0.3, -0.25) is 4.79 Å². The molecule has 4 aromatic rings. The van der Waals surface area contributed by atoms with Gasteiger partial charge in [-0.25, -0.2) is 9.97 Å². The van der Waals surface area contributed by atoms with Crippen molar-refractivity contribution >= 4 is 29.8 Å². The average molecular weight is 470 g/mol. The highest BCUT2D eigenvalue weighted by Gasteiger charge is 2.24. The SMILES string of the molecule is Cc1cc2c(C(N)=O)cccn2c1-c1nc2c(c(NCc3cccc(B(O)O)c3)n1)CN(C)CC2. The van der Waals surface area contributed by atoms with E-state index in [9.17, 15) is 14.8 Å². The molecule has 0 unspecified atom stereocenters. The van der Waals surface area contributed by atoms with E-state index in [1.165, 1.54) is 0 Å². The van der Waals surface area contributed by atoms with Gasteiger partial charge >= 0.3 is 7.12 Å². The minimum atomic E-state index is -1.52. The third-order valence-electron chi connectivity index (χ3n) is 6.44. The highest BCUT2D eigenvalue weighted by molar-refractivity contribution is 6.58. The molecule has 178 valence electrons. The fraction of sp³-hybridized carbons (Fsp3) is 0.240. The number of primary amides is 1. The molecule has 1 aliphatic heterocycles. The van der Waals surface area contributed by atoms with Gasteiger partial charge in [0.1, 0.15) is 5.82 Å². The highest BCUT2D eigenvalue weighted by Crippen LogP contribution is 2.31. The van der Waals surface area contributed by atoms with E-state index in [-0.39, 0.29) is 0 Å². The smallest absolute Gasteiger partial charge is 0.423 e. The normalized spacial score (nSPS) is 13.6. The van der Waals surface area contributed by atoms with Crippen molar-refractivity contribution in [3.8, 4) is 11.5 Å². The number of rotatable bonds is 6. The van der Waals surface area contributed by atoms with Crippen LogP contribution in [-0.2, 0) is 19.5 Å². The molecule has 0 saturated heterocycles. The summed E-state index contributed by atoms with van der Waals surface area (Å²) in [5, 5.41) is 22.5. The minimum absolute atomic E-state index is 0.440. The monoisotopic (exact) mass is 470 g/mol. The van der Waals surface area contributed by atoms with E-state index in [2.05, 4.69) is 17.3 Å². The zero-order chi connectivity index (χ0) is 24.7. The van der Waals surface area contributed by atoms with Gasteiger partial charge in [0.2, 0.25) is 0 Å². The van der Waals surface area contributed by atoms with Crippen molar-refractivity contribution in [2.45, 2.75) is 26.4 Å². The predicted molar refractivity (Wildman–Crippen MR) is 135 cm³/mol. The third kappa shape index (κ3) is 4.39. The number of nitrogens with two attached hydrogens (primary N) is 1. The molecule has 0 atom stereocenters. The molecule has 0 aliphatic carbocycles. The van der Waals surface area contributed by atoms with Gasteiger partial charge in [-0.05, 0) is 48.8 Å². The van der Waals surface area contributed by atoms with Crippen molar-refractivity contribution in [3.63, 3.8) is 0 Å². The number of carbonyl (C=O) groups excluding carboxylic acids is 1. The molecule has 0 fully saturated rings. The van der Waals surface area contributed by atoms with Gasteiger partial charge in [0.25, 0.3) is 5.91 Å². The van der Waals surface area contributed by atoms with Crippen LogP contribution < -0.4 is 16.5 Å². The number of fused-ring (bicyclic) bond motifs is 2. The van der Waals surface area contributed by atoms with E-state index < -0.39 is 13.0 Å². The number of carbonyl (C=O) groups is 1. The first-order valence-electron chi connectivity index (χ1n) is 11.5. The summed E-state index contributed by atoms with van der Waals surface area (Å²) >= 11 is 0. The fourth-order valence-corrected chi connectivity index (χ4v) is 4.67. The molecule has 0 radical (unpaired) electrons. The molecule has 3 aromatic heterocycles. The molecule has 1 aliphatic rings. The summed E-state index contributed by atoms with van der Waals surface area (Å²) in [5.74, 6) is 0.841. The lowest BCUT2D eigenvalue weighted by Crippen LogP contribution is -2.30. The maximum absolute atomic E-state index is 12.0. The van der Waals surface area contributed by atoms with Crippen LogP contribution in [0.5, 0.6) is 0 Å². The molecule has 0 saturated carbocycles. The van der Waals surface area contributed by atoms with Crippen LogP contribution in [0.15, 0.2) is 48.7 Å². The van der Waals surface area contributed by atoms with Gasteiger partial charge in [-0.15, -0.1) is 0 Å². The predicted octanol–water partition coefficient (Wildman–Crippen LogP) is 1.08. The number of pyridine rings is 1. The number of likely N-dealkylation sites (N-methyl/N-ethyl adjacent to an activating group) is 1. The molecule has 5 rings (SSSR count). The first kappa shape index (κ1) is 23.0. The Morgan fingerprint density at radius 3 is 2.80 bits per heavy atom. The van der Waals surface area contributed by atoms with Gasteiger partial charge in [0.15, 0.2) is 5.82 Å². The molecular formula is C25H27BN6O3. The Labute approximate surface area is 203 Å². The highest BCUT2D eigenvalue weighted by atomic mass is 16.4. The van der Waals surface area contributed by atoms with E-state index in [1.54, 1.807) is 30.3 Å². The van der Waals surface area contributed by atoms with E-state index in [0.29, 0.717) is 23.4 Å². The van der Waals surface area contributed by atoms with E-state index in [1.807, 2.05) is 29.7 Å². The second-order valence-corrected chi connectivity index (χ2v) is 9.00. The van der Waals surface area contributed by atoms with Crippen molar-refractivity contribution < 1.29 is 14.8 Å². The van der Waals surface area contributed by atoms with Crippen LogP contribution >= 0.6 is 0 Å². The zero-order valence-electron chi connectivity index (χ0n) is 19.7. The van der Waals surface area contributed by atoms with E-state index in [0.717, 1.165) is 58.9 Å². The Hall–Kier alpha value is -3.73. The number of nitrogens with one attached hydrogen (secondary N) is 1. The second kappa shape index (κ2) is 9.14. The molecule has 4 heterocycles. The first-order valence-corrected chi connectivity index (χ1v) is 11.5. The topological polar surface area (TPSA) is 129 Å². The largest absolute Gasteiger partial charge is 0.488 e. The van der Waals surface area contributed by atoms with Crippen molar-refractivity contribution in [1.82, 2.24) is 19.3 Å². The molecule has 1 aromatic carbocycles. The van der Waals surface area contributed by atoms with Gasteiger partial charge in [-0.1, -0.05) is 24.3 Å². The lowest BCUT2D eigenvalue weighted by Gasteiger charge is -2.26. The van der Waals surface area contributed by atoms with Crippen LogP contribution in [0, 0.1) is 6.92 Å². The van der Waals surface area contributed by atoms with Crippen LogP contribution in [0.1, 0.15) is 32.7 Å². The number of amides is 1. The quantitative estimate of drug-likeness (QED) is 0.311. The Morgan fingerprint density at radius 1 is 1.20 bits per heavy atom. The molecule has 0 bridgehead atoms. The maximum Gasteiger partial charge on any atom is 0.488 e. The van der Waals surface area contributed by atoms with Gasteiger partial charge < -0.3 is 30.4 Å². The fourth-order valence-electron chi connectivity index (χ4n) is 4.67. The molecular weight excluding hydrogens is 443 g/mol. The Kier molecular flexibility index (Phi) is 6.02. The van der Waals surface area contributed by atoms with Gasteiger partial charge in [-0.2, -0.15) is 0 Å². The lowest BCUT2D eigenvalue weighted by molar-refractivity contribution is 0.100.